The molecule has 1 aliphatic rings. The number of aryl methyl sites for hydroxylation is 2. The highest BCUT2D eigenvalue weighted by atomic mass is 32.2. The number of amides is 1. The zero-order chi connectivity index (χ0) is 23.9. The van der Waals surface area contributed by atoms with Crippen LogP contribution in [-0.4, -0.2) is 56.6 Å². The lowest BCUT2D eigenvalue weighted by atomic mass is 10.1. The first-order chi connectivity index (χ1) is 16.5. The number of benzene rings is 2. The number of carboxylic acids is 1. The monoisotopic (exact) mass is 481 g/mol. The summed E-state index contributed by atoms with van der Waals surface area (Å²) in [6, 6.07) is 14.0. The molecule has 0 spiro atoms. The van der Waals surface area contributed by atoms with E-state index in [0.29, 0.717) is 37.4 Å². The van der Waals surface area contributed by atoms with E-state index in [-0.39, 0.29) is 17.8 Å². The number of thioether (sulfide) groups is 1. The van der Waals surface area contributed by atoms with Crippen LogP contribution in [0.1, 0.15) is 28.8 Å². The summed E-state index contributed by atoms with van der Waals surface area (Å²) >= 11 is 1.71. The first kappa shape index (κ1) is 23.7. The summed E-state index contributed by atoms with van der Waals surface area (Å²) < 4.78 is 13.5. The lowest BCUT2D eigenvalue weighted by Crippen LogP contribution is -2.43. The highest BCUT2D eigenvalue weighted by Crippen LogP contribution is 2.22. The van der Waals surface area contributed by atoms with E-state index in [1.807, 2.05) is 42.1 Å². The van der Waals surface area contributed by atoms with Crippen molar-refractivity contribution in [3.8, 4) is 11.5 Å². The molecule has 1 saturated heterocycles. The van der Waals surface area contributed by atoms with E-state index in [1.54, 1.807) is 35.0 Å². The molecule has 1 aromatic heterocycles. The van der Waals surface area contributed by atoms with Gasteiger partial charge >= 0.3 is 12.1 Å². The standard InChI is InChI=1S/C25H27N3O5S/c1-27-16-13-26-24(27)34-17-12-18-2-6-21(7-3-18)33-25(31)28-14-10-22(11-15-28)32-20-8-4-19(5-9-20)23(29)30/h2-9,13,16,22H,10-12,14-15,17H2,1H3,(H,29,30). The summed E-state index contributed by atoms with van der Waals surface area (Å²) in [5.74, 6) is 1.12. The van der Waals surface area contributed by atoms with Gasteiger partial charge in [-0.2, -0.15) is 0 Å². The Morgan fingerprint density at radius 1 is 1.06 bits per heavy atom. The van der Waals surface area contributed by atoms with E-state index in [1.165, 1.54) is 17.7 Å². The largest absolute Gasteiger partial charge is 0.490 e. The number of imidazole rings is 1. The van der Waals surface area contributed by atoms with E-state index in [4.69, 9.17) is 14.6 Å². The number of hydrogen-bond donors (Lipinski definition) is 1. The maximum Gasteiger partial charge on any atom is 0.415 e. The average molecular weight is 482 g/mol. The Morgan fingerprint density at radius 3 is 2.35 bits per heavy atom. The Hall–Kier alpha value is -3.46. The first-order valence-corrected chi connectivity index (χ1v) is 12.1. The highest BCUT2D eigenvalue weighted by molar-refractivity contribution is 7.99. The van der Waals surface area contributed by atoms with Crippen LogP contribution in [0.15, 0.2) is 66.1 Å². The van der Waals surface area contributed by atoms with Gasteiger partial charge in [-0.15, -0.1) is 0 Å². The molecule has 0 saturated carbocycles. The van der Waals surface area contributed by atoms with Crippen LogP contribution in [0, 0.1) is 0 Å². The Labute approximate surface area is 202 Å². The molecule has 0 aliphatic carbocycles. The molecule has 2 aromatic carbocycles. The minimum absolute atomic E-state index is 0.0253. The van der Waals surface area contributed by atoms with E-state index in [2.05, 4.69) is 4.98 Å². The molecular formula is C25H27N3O5S. The number of nitrogens with zero attached hydrogens (tertiary/aromatic N) is 3. The molecule has 0 bridgehead atoms. The second-order valence-electron chi connectivity index (χ2n) is 8.06. The zero-order valence-corrected chi connectivity index (χ0v) is 19.7. The summed E-state index contributed by atoms with van der Waals surface area (Å²) in [6.07, 6.45) is 5.61. The molecule has 1 aliphatic heterocycles. The van der Waals surface area contributed by atoms with Crippen molar-refractivity contribution in [3.05, 3.63) is 72.1 Å². The van der Waals surface area contributed by atoms with Gasteiger partial charge in [-0.1, -0.05) is 23.9 Å². The molecule has 34 heavy (non-hydrogen) atoms. The number of hydrogen-bond acceptors (Lipinski definition) is 6. The van der Waals surface area contributed by atoms with Crippen molar-refractivity contribution >= 4 is 23.8 Å². The quantitative estimate of drug-likeness (QED) is 0.474. The molecule has 1 N–H and O–H groups in total. The minimum Gasteiger partial charge on any atom is -0.490 e. The second-order valence-corrected chi connectivity index (χ2v) is 9.13. The summed E-state index contributed by atoms with van der Waals surface area (Å²) in [5.41, 5.74) is 1.40. The van der Waals surface area contributed by atoms with E-state index in [9.17, 15) is 9.59 Å². The minimum atomic E-state index is -0.965. The van der Waals surface area contributed by atoms with Crippen LogP contribution >= 0.6 is 11.8 Å². The summed E-state index contributed by atoms with van der Waals surface area (Å²) in [5, 5.41) is 9.97. The number of ether oxygens (including phenoxy) is 2. The zero-order valence-electron chi connectivity index (χ0n) is 18.9. The number of aromatic carboxylic acids is 1. The van der Waals surface area contributed by atoms with E-state index < -0.39 is 5.97 Å². The second kappa shape index (κ2) is 11.1. The summed E-state index contributed by atoms with van der Waals surface area (Å²) in [4.78, 5) is 29.5. The summed E-state index contributed by atoms with van der Waals surface area (Å²) in [6.45, 7) is 1.08. The van der Waals surface area contributed by atoms with E-state index in [0.717, 1.165) is 17.3 Å². The van der Waals surface area contributed by atoms with Gasteiger partial charge < -0.3 is 24.0 Å². The van der Waals surface area contributed by atoms with Crippen LogP contribution in [0.25, 0.3) is 0 Å². The fourth-order valence-electron chi connectivity index (χ4n) is 3.67. The van der Waals surface area contributed by atoms with E-state index >= 15 is 0 Å². The third kappa shape index (κ3) is 6.32. The SMILES string of the molecule is Cn1ccnc1SCCc1ccc(OC(=O)N2CCC(Oc3ccc(C(=O)O)cc3)CC2)cc1. The molecule has 0 atom stereocenters. The molecule has 3 aromatic rings. The van der Waals surface area contributed by atoms with Gasteiger partial charge in [-0.25, -0.2) is 14.6 Å². The smallest absolute Gasteiger partial charge is 0.415 e. The van der Waals surface area contributed by atoms with Gasteiger partial charge in [0.05, 0.1) is 5.56 Å². The lowest BCUT2D eigenvalue weighted by molar-refractivity contribution is 0.0696. The number of carbonyl (C=O) groups excluding carboxylic acids is 1. The Kier molecular flexibility index (Phi) is 7.74. The Bertz CT molecular complexity index is 1110. The molecular weight excluding hydrogens is 454 g/mol. The van der Waals surface area contributed by atoms with Crippen molar-refractivity contribution < 1.29 is 24.2 Å². The Balaban J connectivity index is 1.19. The van der Waals surface area contributed by atoms with Crippen LogP contribution in [0.2, 0.25) is 0 Å². The number of piperidine rings is 1. The molecule has 2 heterocycles. The predicted octanol–water partition coefficient (Wildman–Crippen LogP) is 4.50. The molecule has 1 fully saturated rings. The topological polar surface area (TPSA) is 93.9 Å². The van der Waals surface area contributed by atoms with Gasteiger partial charge in [0, 0.05) is 51.1 Å². The fourth-order valence-corrected chi connectivity index (χ4v) is 4.59. The normalized spacial score (nSPS) is 14.1. The highest BCUT2D eigenvalue weighted by Gasteiger charge is 2.25. The molecule has 1 amide bonds. The lowest BCUT2D eigenvalue weighted by Gasteiger charge is -2.31. The maximum absolute atomic E-state index is 12.5. The van der Waals surface area contributed by atoms with Crippen LogP contribution < -0.4 is 9.47 Å². The molecule has 8 nitrogen and oxygen atoms in total. The number of carboxylic acid groups (broad SMARTS) is 1. The number of aromatic nitrogens is 2. The third-order valence-electron chi connectivity index (χ3n) is 5.63. The van der Waals surface area contributed by atoms with Crippen molar-refractivity contribution in [1.82, 2.24) is 14.5 Å². The van der Waals surface area contributed by atoms with Crippen LogP contribution in [-0.2, 0) is 13.5 Å². The fraction of sp³-hybridized carbons (Fsp3) is 0.320. The molecule has 178 valence electrons. The van der Waals surface area contributed by atoms with Crippen molar-refractivity contribution in [2.24, 2.45) is 7.05 Å². The van der Waals surface area contributed by atoms with Gasteiger partial charge in [0.15, 0.2) is 5.16 Å². The molecule has 0 unspecified atom stereocenters. The van der Waals surface area contributed by atoms with Crippen molar-refractivity contribution in [2.75, 3.05) is 18.8 Å². The van der Waals surface area contributed by atoms with Crippen molar-refractivity contribution in [3.63, 3.8) is 0 Å². The molecule has 9 heteroatoms. The Morgan fingerprint density at radius 2 is 1.74 bits per heavy atom. The number of likely N-dealkylation sites (tertiary alicyclic amines) is 1. The first-order valence-electron chi connectivity index (χ1n) is 11.1. The van der Waals surface area contributed by atoms with Gasteiger partial charge in [-0.3, -0.25) is 0 Å². The summed E-state index contributed by atoms with van der Waals surface area (Å²) in [7, 11) is 1.98. The van der Waals surface area contributed by atoms with Gasteiger partial charge in [0.2, 0.25) is 0 Å². The third-order valence-corrected chi connectivity index (χ3v) is 6.69. The molecule has 0 radical (unpaired) electrons. The average Bonchev–Trinajstić information content (AvgIpc) is 3.25. The van der Waals surface area contributed by atoms with Gasteiger partial charge in [-0.05, 0) is 48.4 Å². The number of rotatable bonds is 8. The van der Waals surface area contributed by atoms with Crippen LogP contribution in [0.4, 0.5) is 4.79 Å². The predicted molar refractivity (Wildman–Crippen MR) is 129 cm³/mol. The number of carbonyl (C=O) groups is 2. The van der Waals surface area contributed by atoms with Crippen molar-refractivity contribution in [2.45, 2.75) is 30.5 Å². The molecule has 4 rings (SSSR count). The van der Waals surface area contributed by atoms with Crippen LogP contribution in [0.5, 0.6) is 11.5 Å². The van der Waals surface area contributed by atoms with Gasteiger partial charge in [0.1, 0.15) is 17.6 Å². The van der Waals surface area contributed by atoms with Crippen LogP contribution in [0.3, 0.4) is 0 Å². The maximum atomic E-state index is 12.5. The van der Waals surface area contributed by atoms with Crippen molar-refractivity contribution in [1.29, 1.82) is 0 Å². The van der Waals surface area contributed by atoms with Gasteiger partial charge in [0.25, 0.3) is 0 Å².